The third-order valence-corrected chi connectivity index (χ3v) is 4.52. The van der Waals surface area contributed by atoms with E-state index < -0.39 is 5.69 Å². The van der Waals surface area contributed by atoms with Crippen LogP contribution in [0.4, 0.5) is 0 Å². The summed E-state index contributed by atoms with van der Waals surface area (Å²) in [5, 5.41) is 0.182. The SMILES string of the molecule is CC(C)c1c(Cl)[nH]c(=O)n(CCCC2CCCC2)c1=O. The first-order valence-corrected chi connectivity index (χ1v) is 7.91. The normalized spacial score (nSPS) is 16.2. The van der Waals surface area contributed by atoms with Crippen LogP contribution in [0.25, 0.3) is 0 Å². The molecule has 0 unspecified atom stereocenters. The quantitative estimate of drug-likeness (QED) is 0.848. The van der Waals surface area contributed by atoms with Gasteiger partial charge < -0.3 is 0 Å². The van der Waals surface area contributed by atoms with Gasteiger partial charge in [-0.05, 0) is 24.7 Å². The van der Waals surface area contributed by atoms with E-state index in [0.29, 0.717) is 12.1 Å². The fraction of sp³-hybridized carbons (Fsp3) is 0.733. The summed E-state index contributed by atoms with van der Waals surface area (Å²) in [7, 11) is 0. The molecule has 1 aliphatic carbocycles. The smallest absolute Gasteiger partial charge is 0.297 e. The van der Waals surface area contributed by atoms with Gasteiger partial charge >= 0.3 is 5.69 Å². The first-order valence-electron chi connectivity index (χ1n) is 7.53. The van der Waals surface area contributed by atoms with Crippen molar-refractivity contribution in [2.45, 2.75) is 64.8 Å². The summed E-state index contributed by atoms with van der Waals surface area (Å²) in [6, 6.07) is 0. The number of nitrogens with one attached hydrogen (secondary N) is 1. The molecule has 4 nitrogen and oxygen atoms in total. The molecule has 0 spiro atoms. The number of rotatable bonds is 5. The average molecular weight is 299 g/mol. The minimum atomic E-state index is -0.393. The van der Waals surface area contributed by atoms with Crippen molar-refractivity contribution in [3.05, 3.63) is 31.6 Å². The lowest BCUT2D eigenvalue weighted by atomic mass is 10.0. The largest absolute Gasteiger partial charge is 0.329 e. The number of aromatic nitrogens is 2. The van der Waals surface area contributed by atoms with Gasteiger partial charge in [0, 0.05) is 6.54 Å². The summed E-state index contributed by atoms with van der Waals surface area (Å²) >= 11 is 5.97. The summed E-state index contributed by atoms with van der Waals surface area (Å²) in [6.45, 7) is 4.30. The van der Waals surface area contributed by atoms with Gasteiger partial charge in [0.05, 0.1) is 5.56 Å². The first kappa shape index (κ1) is 15.4. The maximum atomic E-state index is 12.3. The van der Waals surface area contributed by atoms with Crippen molar-refractivity contribution in [3.63, 3.8) is 0 Å². The van der Waals surface area contributed by atoms with Crippen LogP contribution in [0.3, 0.4) is 0 Å². The molecule has 1 fully saturated rings. The molecule has 112 valence electrons. The van der Waals surface area contributed by atoms with Crippen LogP contribution in [0, 0.1) is 5.92 Å². The predicted molar refractivity (Wildman–Crippen MR) is 81.6 cm³/mol. The number of hydrogen-bond donors (Lipinski definition) is 1. The van der Waals surface area contributed by atoms with Crippen LogP contribution in [-0.4, -0.2) is 9.55 Å². The molecule has 1 aromatic heterocycles. The van der Waals surface area contributed by atoms with Crippen molar-refractivity contribution in [1.82, 2.24) is 9.55 Å². The second-order valence-corrected chi connectivity index (χ2v) is 6.44. The van der Waals surface area contributed by atoms with Gasteiger partial charge in [-0.25, -0.2) is 4.79 Å². The number of H-pyrrole nitrogens is 1. The zero-order valence-electron chi connectivity index (χ0n) is 12.2. The third-order valence-electron chi connectivity index (χ3n) is 4.22. The highest BCUT2D eigenvalue weighted by atomic mass is 35.5. The molecule has 20 heavy (non-hydrogen) atoms. The van der Waals surface area contributed by atoms with Crippen molar-refractivity contribution in [2.24, 2.45) is 5.92 Å². The van der Waals surface area contributed by atoms with Crippen LogP contribution in [-0.2, 0) is 6.54 Å². The van der Waals surface area contributed by atoms with E-state index in [1.807, 2.05) is 13.8 Å². The van der Waals surface area contributed by atoms with E-state index in [0.717, 1.165) is 18.8 Å². The van der Waals surface area contributed by atoms with Crippen molar-refractivity contribution in [1.29, 1.82) is 0 Å². The molecule has 5 heteroatoms. The van der Waals surface area contributed by atoms with Gasteiger partial charge in [0.2, 0.25) is 0 Å². The molecular weight excluding hydrogens is 276 g/mol. The van der Waals surface area contributed by atoms with Crippen LogP contribution in [0.2, 0.25) is 5.15 Å². The summed E-state index contributed by atoms with van der Waals surface area (Å²) in [6.07, 6.45) is 7.22. The standard InChI is InChI=1S/C15H23ClN2O2/c1-10(2)12-13(16)17-15(20)18(14(12)19)9-5-8-11-6-3-4-7-11/h10-11H,3-9H2,1-2H3,(H,17,20). The Labute approximate surface area is 124 Å². The van der Waals surface area contributed by atoms with E-state index in [1.165, 1.54) is 30.3 Å². The van der Waals surface area contributed by atoms with Crippen molar-refractivity contribution >= 4 is 11.6 Å². The Morgan fingerprint density at radius 1 is 1.30 bits per heavy atom. The highest BCUT2D eigenvalue weighted by Crippen LogP contribution is 2.28. The van der Waals surface area contributed by atoms with Crippen LogP contribution >= 0.6 is 11.6 Å². The topological polar surface area (TPSA) is 54.9 Å². The molecule has 0 radical (unpaired) electrons. The Bertz CT molecular complexity index is 568. The Morgan fingerprint density at radius 2 is 1.95 bits per heavy atom. The van der Waals surface area contributed by atoms with Gasteiger partial charge in [-0.15, -0.1) is 0 Å². The number of halogens is 1. The zero-order valence-corrected chi connectivity index (χ0v) is 13.0. The molecule has 0 bridgehead atoms. The fourth-order valence-electron chi connectivity index (χ4n) is 3.10. The van der Waals surface area contributed by atoms with E-state index in [-0.39, 0.29) is 16.6 Å². The third kappa shape index (κ3) is 3.35. The molecule has 0 atom stereocenters. The minimum Gasteiger partial charge on any atom is -0.297 e. The molecule has 0 saturated heterocycles. The van der Waals surface area contributed by atoms with E-state index >= 15 is 0 Å². The molecule has 0 aromatic carbocycles. The Hall–Kier alpha value is -1.03. The Balaban J connectivity index is 2.12. The van der Waals surface area contributed by atoms with Gasteiger partial charge in [0.15, 0.2) is 0 Å². The van der Waals surface area contributed by atoms with Gasteiger partial charge in [0.25, 0.3) is 5.56 Å². The number of nitrogens with zero attached hydrogens (tertiary/aromatic N) is 1. The number of hydrogen-bond acceptors (Lipinski definition) is 2. The summed E-state index contributed by atoms with van der Waals surface area (Å²) in [5.74, 6) is 0.787. The maximum Gasteiger partial charge on any atom is 0.329 e. The average Bonchev–Trinajstić information content (AvgIpc) is 2.85. The number of aromatic amines is 1. The van der Waals surface area contributed by atoms with Gasteiger partial charge in [0.1, 0.15) is 5.15 Å². The first-order chi connectivity index (χ1) is 9.50. The second-order valence-electron chi connectivity index (χ2n) is 6.06. The van der Waals surface area contributed by atoms with Crippen LogP contribution in [0.15, 0.2) is 9.59 Å². The van der Waals surface area contributed by atoms with Crippen molar-refractivity contribution in [2.75, 3.05) is 0 Å². The van der Waals surface area contributed by atoms with Gasteiger partial charge in [-0.3, -0.25) is 14.3 Å². The molecular formula is C15H23ClN2O2. The van der Waals surface area contributed by atoms with Crippen molar-refractivity contribution in [3.8, 4) is 0 Å². The molecule has 1 heterocycles. The molecule has 1 aliphatic rings. The van der Waals surface area contributed by atoms with Crippen LogP contribution in [0.1, 0.15) is 63.9 Å². The lowest BCUT2D eigenvalue weighted by Crippen LogP contribution is -2.37. The lowest BCUT2D eigenvalue weighted by molar-refractivity contribution is 0.448. The van der Waals surface area contributed by atoms with Gasteiger partial charge in [-0.1, -0.05) is 51.1 Å². The van der Waals surface area contributed by atoms with Crippen LogP contribution < -0.4 is 11.2 Å². The summed E-state index contributed by atoms with van der Waals surface area (Å²) in [5.41, 5.74) is -0.122. The predicted octanol–water partition coefficient (Wildman–Crippen LogP) is 3.28. The molecule has 0 aliphatic heterocycles. The maximum absolute atomic E-state index is 12.3. The summed E-state index contributed by atoms with van der Waals surface area (Å²) in [4.78, 5) is 26.8. The van der Waals surface area contributed by atoms with Crippen LogP contribution in [0.5, 0.6) is 0 Å². The molecule has 0 amide bonds. The molecule has 2 rings (SSSR count). The highest BCUT2D eigenvalue weighted by molar-refractivity contribution is 6.30. The molecule has 1 N–H and O–H groups in total. The second kappa shape index (κ2) is 6.61. The van der Waals surface area contributed by atoms with E-state index in [9.17, 15) is 9.59 Å². The summed E-state index contributed by atoms with van der Waals surface area (Å²) < 4.78 is 1.30. The monoisotopic (exact) mass is 298 g/mol. The fourth-order valence-corrected chi connectivity index (χ4v) is 3.48. The minimum absolute atomic E-state index is 0.00734. The molecule has 1 aromatic rings. The van der Waals surface area contributed by atoms with Gasteiger partial charge in [-0.2, -0.15) is 0 Å². The van der Waals surface area contributed by atoms with E-state index in [4.69, 9.17) is 11.6 Å². The Morgan fingerprint density at radius 3 is 2.55 bits per heavy atom. The molecule has 1 saturated carbocycles. The van der Waals surface area contributed by atoms with E-state index in [1.54, 1.807) is 0 Å². The van der Waals surface area contributed by atoms with Crippen molar-refractivity contribution < 1.29 is 0 Å². The zero-order chi connectivity index (χ0) is 14.7. The van der Waals surface area contributed by atoms with E-state index in [2.05, 4.69) is 4.98 Å². The highest BCUT2D eigenvalue weighted by Gasteiger charge is 2.17. The Kier molecular flexibility index (Phi) is 5.08. The lowest BCUT2D eigenvalue weighted by Gasteiger charge is -2.12.